The maximum absolute atomic E-state index is 9.37. The highest BCUT2D eigenvalue weighted by Gasteiger charge is 2.29. The summed E-state index contributed by atoms with van der Waals surface area (Å²) in [5.74, 6) is 1.35. The fourth-order valence-electron chi connectivity index (χ4n) is 3.56. The lowest BCUT2D eigenvalue weighted by Crippen LogP contribution is -2.49. The molecule has 5 heteroatoms. The number of aliphatic hydroxyl groups excluding tert-OH is 1. The van der Waals surface area contributed by atoms with Crippen LogP contribution in [-0.4, -0.2) is 58.8 Å². The fourth-order valence-corrected chi connectivity index (χ4v) is 3.56. The highest BCUT2D eigenvalue weighted by Crippen LogP contribution is 2.24. The van der Waals surface area contributed by atoms with Crippen LogP contribution in [0.3, 0.4) is 0 Å². The number of likely N-dealkylation sites (tertiary alicyclic amines) is 1. The summed E-state index contributed by atoms with van der Waals surface area (Å²) in [6, 6.07) is 0.668. The van der Waals surface area contributed by atoms with Gasteiger partial charge >= 0.3 is 0 Å². The van der Waals surface area contributed by atoms with Crippen molar-refractivity contribution in [2.24, 2.45) is 5.92 Å². The Hall–Kier alpha value is -1.20. The molecule has 1 atom stereocenters. The van der Waals surface area contributed by atoms with Crippen molar-refractivity contribution >= 4 is 5.95 Å². The monoisotopic (exact) mass is 290 g/mol. The van der Waals surface area contributed by atoms with Crippen molar-refractivity contribution in [2.75, 3.05) is 37.7 Å². The van der Waals surface area contributed by atoms with E-state index in [-0.39, 0.29) is 0 Å². The van der Waals surface area contributed by atoms with Crippen molar-refractivity contribution in [3.63, 3.8) is 0 Å². The first-order chi connectivity index (χ1) is 10.3. The molecule has 1 aromatic rings. The van der Waals surface area contributed by atoms with Gasteiger partial charge in [-0.1, -0.05) is 0 Å². The second-order valence-electron chi connectivity index (χ2n) is 6.46. The Morgan fingerprint density at radius 2 is 1.86 bits per heavy atom. The van der Waals surface area contributed by atoms with Gasteiger partial charge in [-0.3, -0.25) is 4.90 Å². The number of hydrogen-bond acceptors (Lipinski definition) is 5. The predicted octanol–water partition coefficient (Wildman–Crippen LogP) is 1.46. The van der Waals surface area contributed by atoms with Gasteiger partial charge in [-0.15, -0.1) is 0 Å². The van der Waals surface area contributed by atoms with Crippen molar-refractivity contribution in [3.8, 4) is 0 Å². The molecular weight excluding hydrogens is 264 g/mol. The SMILES string of the molecule is Cc1cnc(N2CCC(N3CCCC(CO)C3)CC2)nc1. The van der Waals surface area contributed by atoms with E-state index in [1.165, 1.54) is 32.2 Å². The van der Waals surface area contributed by atoms with Gasteiger partial charge in [0, 0.05) is 44.7 Å². The summed E-state index contributed by atoms with van der Waals surface area (Å²) in [6.07, 6.45) is 8.55. The summed E-state index contributed by atoms with van der Waals surface area (Å²) in [5, 5.41) is 9.37. The molecule has 3 heterocycles. The summed E-state index contributed by atoms with van der Waals surface area (Å²) >= 11 is 0. The zero-order chi connectivity index (χ0) is 14.7. The first-order valence-electron chi connectivity index (χ1n) is 8.15. The van der Waals surface area contributed by atoms with E-state index in [0.29, 0.717) is 18.6 Å². The van der Waals surface area contributed by atoms with Crippen molar-refractivity contribution in [1.82, 2.24) is 14.9 Å². The highest BCUT2D eigenvalue weighted by atomic mass is 16.3. The van der Waals surface area contributed by atoms with Crippen molar-refractivity contribution in [1.29, 1.82) is 0 Å². The lowest BCUT2D eigenvalue weighted by molar-refractivity contribution is 0.0776. The molecule has 0 radical (unpaired) electrons. The van der Waals surface area contributed by atoms with Crippen LogP contribution in [0.2, 0.25) is 0 Å². The van der Waals surface area contributed by atoms with Crippen LogP contribution in [-0.2, 0) is 0 Å². The van der Waals surface area contributed by atoms with Gasteiger partial charge in [-0.05, 0) is 50.6 Å². The van der Waals surface area contributed by atoms with Gasteiger partial charge in [-0.25, -0.2) is 9.97 Å². The third-order valence-electron chi connectivity index (χ3n) is 4.84. The normalized spacial score (nSPS) is 25.2. The maximum Gasteiger partial charge on any atom is 0.225 e. The molecule has 2 fully saturated rings. The van der Waals surface area contributed by atoms with Gasteiger partial charge in [0.1, 0.15) is 0 Å². The molecule has 2 saturated heterocycles. The van der Waals surface area contributed by atoms with Crippen LogP contribution >= 0.6 is 0 Å². The molecule has 21 heavy (non-hydrogen) atoms. The standard InChI is InChI=1S/C16H26N4O/c1-13-9-17-16(18-10-13)19-7-4-15(5-8-19)20-6-2-3-14(11-20)12-21/h9-10,14-15,21H,2-8,11-12H2,1H3. The minimum Gasteiger partial charge on any atom is -0.396 e. The maximum atomic E-state index is 9.37. The van der Waals surface area contributed by atoms with Crippen LogP contribution in [0, 0.1) is 12.8 Å². The van der Waals surface area contributed by atoms with Crippen LogP contribution in [0.15, 0.2) is 12.4 Å². The number of rotatable bonds is 3. The van der Waals surface area contributed by atoms with E-state index < -0.39 is 0 Å². The summed E-state index contributed by atoms with van der Waals surface area (Å²) in [6.45, 7) is 6.70. The van der Waals surface area contributed by atoms with E-state index in [4.69, 9.17) is 0 Å². The number of anilines is 1. The van der Waals surface area contributed by atoms with Crippen LogP contribution in [0.1, 0.15) is 31.2 Å². The lowest BCUT2D eigenvalue weighted by atomic mass is 9.94. The Morgan fingerprint density at radius 3 is 2.52 bits per heavy atom. The van der Waals surface area contributed by atoms with E-state index in [1.807, 2.05) is 19.3 Å². The molecule has 1 unspecified atom stereocenters. The largest absolute Gasteiger partial charge is 0.396 e. The van der Waals surface area contributed by atoms with Crippen LogP contribution in [0.4, 0.5) is 5.95 Å². The van der Waals surface area contributed by atoms with Gasteiger partial charge in [0.05, 0.1) is 0 Å². The third-order valence-corrected chi connectivity index (χ3v) is 4.84. The second kappa shape index (κ2) is 6.71. The minimum atomic E-state index is 0.340. The van der Waals surface area contributed by atoms with Gasteiger partial charge in [-0.2, -0.15) is 0 Å². The number of hydrogen-bond donors (Lipinski definition) is 1. The van der Waals surface area contributed by atoms with E-state index >= 15 is 0 Å². The van der Waals surface area contributed by atoms with E-state index in [0.717, 1.165) is 31.1 Å². The first kappa shape index (κ1) is 14.7. The van der Waals surface area contributed by atoms with Crippen LogP contribution < -0.4 is 4.90 Å². The Kier molecular flexibility index (Phi) is 4.70. The van der Waals surface area contributed by atoms with Gasteiger partial charge in [0.15, 0.2) is 0 Å². The zero-order valence-corrected chi connectivity index (χ0v) is 12.9. The van der Waals surface area contributed by atoms with Crippen LogP contribution in [0.5, 0.6) is 0 Å². The molecule has 2 aliphatic heterocycles. The average molecular weight is 290 g/mol. The topological polar surface area (TPSA) is 52.5 Å². The second-order valence-corrected chi connectivity index (χ2v) is 6.46. The number of aromatic nitrogens is 2. The summed E-state index contributed by atoms with van der Waals surface area (Å²) < 4.78 is 0. The Morgan fingerprint density at radius 1 is 1.14 bits per heavy atom. The van der Waals surface area contributed by atoms with E-state index in [9.17, 15) is 5.11 Å². The van der Waals surface area contributed by atoms with Crippen LogP contribution in [0.25, 0.3) is 0 Å². The molecule has 0 spiro atoms. The molecule has 5 nitrogen and oxygen atoms in total. The smallest absolute Gasteiger partial charge is 0.225 e. The van der Waals surface area contributed by atoms with E-state index in [1.54, 1.807) is 0 Å². The number of aliphatic hydroxyl groups is 1. The van der Waals surface area contributed by atoms with Gasteiger partial charge in [0.2, 0.25) is 5.95 Å². The molecule has 0 saturated carbocycles. The molecule has 1 N–H and O–H groups in total. The van der Waals surface area contributed by atoms with E-state index in [2.05, 4.69) is 19.8 Å². The summed E-state index contributed by atoms with van der Waals surface area (Å²) in [5.41, 5.74) is 1.11. The molecule has 2 aliphatic rings. The number of piperidine rings is 2. The van der Waals surface area contributed by atoms with Gasteiger partial charge < -0.3 is 10.0 Å². The Bertz CT molecular complexity index is 442. The number of nitrogens with zero attached hydrogens (tertiary/aromatic N) is 4. The van der Waals surface area contributed by atoms with Crippen molar-refractivity contribution in [3.05, 3.63) is 18.0 Å². The predicted molar refractivity (Wildman–Crippen MR) is 83.4 cm³/mol. The fraction of sp³-hybridized carbons (Fsp3) is 0.750. The molecule has 0 bridgehead atoms. The molecule has 3 rings (SSSR count). The molecule has 0 amide bonds. The molecule has 1 aromatic heterocycles. The lowest BCUT2D eigenvalue weighted by Gasteiger charge is -2.42. The minimum absolute atomic E-state index is 0.340. The molecule has 116 valence electrons. The molecule has 0 aliphatic carbocycles. The molecular formula is C16H26N4O. The highest BCUT2D eigenvalue weighted by molar-refractivity contribution is 5.30. The first-order valence-corrected chi connectivity index (χ1v) is 8.15. The Balaban J connectivity index is 1.54. The average Bonchev–Trinajstić information content (AvgIpc) is 2.56. The van der Waals surface area contributed by atoms with Crippen molar-refractivity contribution < 1.29 is 5.11 Å². The quantitative estimate of drug-likeness (QED) is 0.913. The Labute approximate surface area is 127 Å². The van der Waals surface area contributed by atoms with Gasteiger partial charge in [0.25, 0.3) is 0 Å². The summed E-state index contributed by atoms with van der Waals surface area (Å²) in [4.78, 5) is 13.8. The zero-order valence-electron chi connectivity index (χ0n) is 12.9. The third kappa shape index (κ3) is 3.52. The number of aryl methyl sites for hydroxylation is 1. The summed E-state index contributed by atoms with van der Waals surface area (Å²) in [7, 11) is 0. The molecule has 0 aromatic carbocycles. The van der Waals surface area contributed by atoms with Crippen molar-refractivity contribution in [2.45, 2.75) is 38.6 Å².